The second-order valence-corrected chi connectivity index (χ2v) is 4.37. The maximum absolute atomic E-state index is 13.2. The van der Waals surface area contributed by atoms with Crippen LogP contribution in [0.2, 0.25) is 0 Å². The van der Waals surface area contributed by atoms with Crippen molar-refractivity contribution in [1.29, 1.82) is 0 Å². The molecular formula is C16H18FN. The van der Waals surface area contributed by atoms with Gasteiger partial charge >= 0.3 is 0 Å². The van der Waals surface area contributed by atoms with Gasteiger partial charge in [-0.3, -0.25) is 0 Å². The first-order chi connectivity index (χ1) is 8.84. The van der Waals surface area contributed by atoms with E-state index in [0.717, 1.165) is 23.7 Å². The van der Waals surface area contributed by atoms with Crippen molar-refractivity contribution in [3.05, 3.63) is 55.0 Å². The van der Waals surface area contributed by atoms with Gasteiger partial charge in [-0.25, -0.2) is 4.39 Å². The molecule has 1 N–H and O–H groups in total. The number of hydrogen-bond acceptors (Lipinski definition) is 0. The highest BCUT2D eigenvalue weighted by Crippen LogP contribution is 2.31. The maximum atomic E-state index is 13.2. The Bertz CT molecular complexity index is 565. The normalized spacial score (nSPS) is 14.8. The van der Waals surface area contributed by atoms with Gasteiger partial charge in [0, 0.05) is 22.7 Å². The van der Waals surface area contributed by atoms with E-state index < -0.39 is 0 Å². The molecule has 0 aliphatic heterocycles. The summed E-state index contributed by atoms with van der Waals surface area (Å²) in [6, 6.07) is 4.92. The zero-order valence-corrected chi connectivity index (χ0v) is 10.5. The molecule has 0 saturated heterocycles. The van der Waals surface area contributed by atoms with Gasteiger partial charge < -0.3 is 4.98 Å². The highest BCUT2D eigenvalue weighted by atomic mass is 19.1. The second-order valence-electron chi connectivity index (χ2n) is 4.37. The molecule has 3 rings (SSSR count). The van der Waals surface area contributed by atoms with Crippen LogP contribution in [0.1, 0.15) is 31.2 Å². The van der Waals surface area contributed by atoms with E-state index in [9.17, 15) is 4.39 Å². The van der Waals surface area contributed by atoms with Gasteiger partial charge in [0.05, 0.1) is 0 Å². The molecule has 2 heteroatoms. The van der Waals surface area contributed by atoms with Crippen LogP contribution in [0, 0.1) is 5.82 Å². The molecule has 0 atom stereocenters. The van der Waals surface area contributed by atoms with Crippen LogP contribution >= 0.6 is 0 Å². The molecule has 0 bridgehead atoms. The number of aromatic nitrogens is 1. The SMILES string of the molecule is C=C.Fc1ccc2[nH]cc(C3=CCCCC3)c2c1. The summed E-state index contributed by atoms with van der Waals surface area (Å²) in [5, 5.41) is 1.01. The van der Waals surface area contributed by atoms with Gasteiger partial charge in [0.2, 0.25) is 0 Å². The largest absolute Gasteiger partial charge is 0.361 e. The minimum atomic E-state index is -0.162. The summed E-state index contributed by atoms with van der Waals surface area (Å²) in [4.78, 5) is 3.21. The van der Waals surface area contributed by atoms with Gasteiger partial charge in [-0.15, -0.1) is 13.2 Å². The number of H-pyrrole nitrogens is 1. The van der Waals surface area contributed by atoms with E-state index in [0.29, 0.717) is 0 Å². The third kappa shape index (κ3) is 2.37. The summed E-state index contributed by atoms with van der Waals surface area (Å²) in [5.74, 6) is -0.162. The van der Waals surface area contributed by atoms with Crippen LogP contribution in [0.4, 0.5) is 4.39 Å². The van der Waals surface area contributed by atoms with Crippen LogP contribution in [-0.4, -0.2) is 4.98 Å². The summed E-state index contributed by atoms with van der Waals surface area (Å²) in [6.07, 6.45) is 9.08. The number of halogens is 1. The van der Waals surface area contributed by atoms with Crippen molar-refractivity contribution in [3.63, 3.8) is 0 Å². The van der Waals surface area contributed by atoms with Crippen LogP contribution in [0.25, 0.3) is 16.5 Å². The summed E-state index contributed by atoms with van der Waals surface area (Å²) in [5.41, 5.74) is 3.56. The quantitative estimate of drug-likeness (QED) is 0.673. The van der Waals surface area contributed by atoms with Crippen LogP contribution in [0.5, 0.6) is 0 Å². The van der Waals surface area contributed by atoms with E-state index in [4.69, 9.17) is 0 Å². The molecule has 1 heterocycles. The third-order valence-corrected chi connectivity index (χ3v) is 3.28. The van der Waals surface area contributed by atoms with Crippen molar-refractivity contribution < 1.29 is 4.39 Å². The molecule has 2 aromatic rings. The second kappa shape index (κ2) is 5.67. The van der Waals surface area contributed by atoms with Crippen molar-refractivity contribution in [2.45, 2.75) is 25.7 Å². The first-order valence-electron chi connectivity index (χ1n) is 6.30. The number of benzene rings is 1. The highest BCUT2D eigenvalue weighted by Gasteiger charge is 2.11. The Labute approximate surface area is 107 Å². The highest BCUT2D eigenvalue weighted by molar-refractivity contribution is 5.92. The van der Waals surface area contributed by atoms with Crippen LogP contribution in [0.15, 0.2) is 43.6 Å². The topological polar surface area (TPSA) is 15.8 Å². The Morgan fingerprint density at radius 1 is 1.17 bits per heavy atom. The molecule has 0 fully saturated rings. The molecule has 1 aromatic carbocycles. The molecular weight excluding hydrogens is 225 g/mol. The lowest BCUT2D eigenvalue weighted by atomic mass is 9.93. The minimum absolute atomic E-state index is 0.162. The lowest BCUT2D eigenvalue weighted by Gasteiger charge is -2.11. The van der Waals surface area contributed by atoms with Gasteiger partial charge in [-0.05, 0) is 49.5 Å². The Hall–Kier alpha value is -1.83. The van der Waals surface area contributed by atoms with Crippen molar-refractivity contribution in [3.8, 4) is 0 Å². The molecule has 1 aliphatic carbocycles. The molecule has 94 valence electrons. The lowest BCUT2D eigenvalue weighted by molar-refractivity contribution is 0.629. The number of hydrogen-bond donors (Lipinski definition) is 1. The fourth-order valence-electron chi connectivity index (χ4n) is 2.44. The Morgan fingerprint density at radius 3 is 2.72 bits per heavy atom. The summed E-state index contributed by atoms with van der Waals surface area (Å²) in [6.45, 7) is 6.00. The standard InChI is InChI=1S/C14H14FN.C2H4/c15-11-6-7-14-12(8-11)13(9-16-14)10-4-2-1-3-5-10;1-2/h4,6-9,16H,1-3,5H2;1-2H2. The van der Waals surface area contributed by atoms with E-state index in [1.54, 1.807) is 12.1 Å². The zero-order valence-electron chi connectivity index (χ0n) is 10.5. The van der Waals surface area contributed by atoms with Gasteiger partial charge in [-0.1, -0.05) is 6.08 Å². The van der Waals surface area contributed by atoms with Crippen molar-refractivity contribution in [2.24, 2.45) is 0 Å². The van der Waals surface area contributed by atoms with Gasteiger partial charge in [0.1, 0.15) is 5.82 Å². The smallest absolute Gasteiger partial charge is 0.123 e. The third-order valence-electron chi connectivity index (χ3n) is 3.28. The average Bonchev–Trinajstić information content (AvgIpc) is 2.85. The molecule has 0 unspecified atom stereocenters. The first-order valence-corrected chi connectivity index (χ1v) is 6.30. The molecule has 0 saturated carbocycles. The van der Waals surface area contributed by atoms with Crippen LogP contribution in [-0.2, 0) is 0 Å². The van der Waals surface area contributed by atoms with Crippen molar-refractivity contribution in [2.75, 3.05) is 0 Å². The number of fused-ring (bicyclic) bond motifs is 1. The average molecular weight is 243 g/mol. The van der Waals surface area contributed by atoms with Gasteiger partial charge in [0.15, 0.2) is 0 Å². The van der Waals surface area contributed by atoms with Crippen molar-refractivity contribution in [1.82, 2.24) is 4.98 Å². The van der Waals surface area contributed by atoms with Crippen LogP contribution in [0.3, 0.4) is 0 Å². The fraction of sp³-hybridized carbons (Fsp3) is 0.250. The Morgan fingerprint density at radius 2 is 2.00 bits per heavy atom. The van der Waals surface area contributed by atoms with Crippen molar-refractivity contribution >= 4 is 16.5 Å². The van der Waals surface area contributed by atoms with E-state index in [-0.39, 0.29) is 5.82 Å². The molecule has 0 spiro atoms. The van der Waals surface area contributed by atoms with E-state index in [1.165, 1.54) is 30.0 Å². The molecule has 1 aliphatic rings. The van der Waals surface area contributed by atoms with Crippen LogP contribution < -0.4 is 0 Å². The number of aromatic amines is 1. The monoisotopic (exact) mass is 243 g/mol. The van der Waals surface area contributed by atoms with E-state index in [1.807, 2.05) is 6.20 Å². The molecule has 18 heavy (non-hydrogen) atoms. The predicted molar refractivity (Wildman–Crippen MR) is 76.0 cm³/mol. The van der Waals surface area contributed by atoms with E-state index >= 15 is 0 Å². The number of allylic oxidation sites excluding steroid dienone is 2. The minimum Gasteiger partial charge on any atom is -0.361 e. The summed E-state index contributed by atoms with van der Waals surface area (Å²) >= 11 is 0. The predicted octanol–water partition coefficient (Wildman–Crippen LogP) is 5.07. The maximum Gasteiger partial charge on any atom is 0.123 e. The summed E-state index contributed by atoms with van der Waals surface area (Å²) < 4.78 is 13.2. The lowest BCUT2D eigenvalue weighted by Crippen LogP contribution is -1.90. The van der Waals surface area contributed by atoms with E-state index in [2.05, 4.69) is 24.2 Å². The molecule has 0 amide bonds. The van der Waals surface area contributed by atoms with Gasteiger partial charge in [0.25, 0.3) is 0 Å². The number of nitrogens with one attached hydrogen (secondary N) is 1. The molecule has 1 nitrogen and oxygen atoms in total. The summed E-state index contributed by atoms with van der Waals surface area (Å²) in [7, 11) is 0. The molecule has 0 radical (unpaired) electrons. The molecule has 1 aromatic heterocycles. The Kier molecular flexibility index (Phi) is 3.98. The first kappa shape index (κ1) is 12.6. The van der Waals surface area contributed by atoms with Gasteiger partial charge in [-0.2, -0.15) is 0 Å². The number of rotatable bonds is 1. The zero-order chi connectivity index (χ0) is 13.0. The Balaban J connectivity index is 0.000000574. The fourth-order valence-corrected chi connectivity index (χ4v) is 2.44.